The van der Waals surface area contributed by atoms with E-state index in [1.807, 2.05) is 6.08 Å². The molecule has 0 unspecified atom stereocenters. The van der Waals surface area contributed by atoms with Crippen LogP contribution in [0, 0.1) is 10.8 Å². The topological polar surface area (TPSA) is 40.5 Å². The summed E-state index contributed by atoms with van der Waals surface area (Å²) >= 11 is 0. The molecular weight excluding hydrogens is 163 g/mol. The van der Waals surface area contributed by atoms with E-state index < -0.39 is 7.12 Å². The molecule has 76 valence electrons. The van der Waals surface area contributed by atoms with E-state index in [0.29, 0.717) is 0 Å². The molecule has 0 aromatic carbocycles. The molecule has 0 aliphatic rings. The Hall–Kier alpha value is -0.275. The van der Waals surface area contributed by atoms with Crippen LogP contribution in [0.15, 0.2) is 12.1 Å². The van der Waals surface area contributed by atoms with E-state index in [1.54, 1.807) is 0 Å². The molecule has 2 N–H and O–H groups in total. The third-order valence-electron chi connectivity index (χ3n) is 1.71. The number of hydrogen-bond acceptors (Lipinski definition) is 2. The third kappa shape index (κ3) is 8.07. The molecule has 0 heterocycles. The molecule has 0 saturated carbocycles. The highest BCUT2D eigenvalue weighted by atomic mass is 16.4. The van der Waals surface area contributed by atoms with Gasteiger partial charge in [0, 0.05) is 0 Å². The summed E-state index contributed by atoms with van der Waals surface area (Å²) in [6.45, 7) is 10.7. The SMILES string of the molecule is CC(C)(C)CC(C)(C)C=CB(O)O. The maximum Gasteiger partial charge on any atom is 0.480 e. The molecule has 0 aromatic heterocycles. The molecule has 13 heavy (non-hydrogen) atoms. The van der Waals surface area contributed by atoms with E-state index >= 15 is 0 Å². The molecule has 0 aliphatic carbocycles. The minimum Gasteiger partial charge on any atom is -0.424 e. The van der Waals surface area contributed by atoms with E-state index in [2.05, 4.69) is 34.6 Å². The molecule has 0 atom stereocenters. The van der Waals surface area contributed by atoms with Gasteiger partial charge in [-0.25, -0.2) is 0 Å². The molecule has 0 radical (unpaired) electrons. The molecule has 0 aliphatic heterocycles. The monoisotopic (exact) mass is 184 g/mol. The molecular formula is C10H21BO2. The maximum absolute atomic E-state index is 8.68. The van der Waals surface area contributed by atoms with Crippen LogP contribution >= 0.6 is 0 Å². The predicted molar refractivity (Wildman–Crippen MR) is 57.2 cm³/mol. The Morgan fingerprint density at radius 1 is 1.08 bits per heavy atom. The second kappa shape index (κ2) is 4.29. The highest BCUT2D eigenvalue weighted by Crippen LogP contribution is 2.33. The highest BCUT2D eigenvalue weighted by Gasteiger charge is 2.23. The van der Waals surface area contributed by atoms with Crippen molar-refractivity contribution >= 4 is 7.12 Å². The molecule has 2 nitrogen and oxygen atoms in total. The van der Waals surface area contributed by atoms with Crippen LogP contribution in [0.4, 0.5) is 0 Å². The summed E-state index contributed by atoms with van der Waals surface area (Å²) in [7, 11) is -1.33. The van der Waals surface area contributed by atoms with Gasteiger partial charge in [-0.2, -0.15) is 0 Å². The molecule has 0 rings (SSSR count). The fraction of sp³-hybridized carbons (Fsp3) is 0.800. The van der Waals surface area contributed by atoms with Crippen LogP contribution in [-0.4, -0.2) is 17.2 Å². The van der Waals surface area contributed by atoms with Gasteiger partial charge in [-0.05, 0) is 17.3 Å². The molecule has 0 bridgehead atoms. The zero-order chi connectivity index (χ0) is 10.7. The average molecular weight is 184 g/mol. The second-order valence-corrected chi connectivity index (χ2v) is 5.50. The van der Waals surface area contributed by atoms with E-state index in [0.717, 1.165) is 6.42 Å². The van der Waals surface area contributed by atoms with Gasteiger partial charge in [0.15, 0.2) is 0 Å². The van der Waals surface area contributed by atoms with Crippen molar-refractivity contribution in [1.29, 1.82) is 0 Å². The van der Waals surface area contributed by atoms with E-state index in [9.17, 15) is 0 Å². The summed E-state index contributed by atoms with van der Waals surface area (Å²) in [6, 6.07) is 0. The zero-order valence-corrected chi connectivity index (χ0v) is 9.33. The van der Waals surface area contributed by atoms with Crippen LogP contribution in [0.25, 0.3) is 0 Å². The minimum absolute atomic E-state index is 0.0158. The molecule has 0 spiro atoms. The zero-order valence-electron chi connectivity index (χ0n) is 9.33. The third-order valence-corrected chi connectivity index (χ3v) is 1.71. The van der Waals surface area contributed by atoms with E-state index in [1.165, 1.54) is 5.98 Å². The Balaban J connectivity index is 4.24. The lowest BCUT2D eigenvalue weighted by atomic mass is 9.74. The van der Waals surface area contributed by atoms with Gasteiger partial charge in [0.05, 0.1) is 0 Å². The summed E-state index contributed by atoms with van der Waals surface area (Å²) in [5, 5.41) is 17.4. The van der Waals surface area contributed by atoms with Gasteiger partial charge < -0.3 is 10.0 Å². The van der Waals surface area contributed by atoms with Crippen molar-refractivity contribution in [3.05, 3.63) is 12.1 Å². The standard InChI is InChI=1S/C10H21BO2/c1-9(2,3)8-10(4,5)6-7-11(12)13/h6-7,12-13H,8H2,1-5H3. The van der Waals surface area contributed by atoms with Gasteiger partial charge in [-0.3, -0.25) is 0 Å². The second-order valence-electron chi connectivity index (χ2n) is 5.50. The Kier molecular flexibility index (Phi) is 4.20. The number of allylic oxidation sites excluding steroid dienone is 1. The van der Waals surface area contributed by atoms with Crippen molar-refractivity contribution in [3.8, 4) is 0 Å². The van der Waals surface area contributed by atoms with Crippen LogP contribution in [0.2, 0.25) is 0 Å². The Morgan fingerprint density at radius 3 is 1.85 bits per heavy atom. The normalized spacial score (nSPS) is 13.8. The van der Waals surface area contributed by atoms with Crippen LogP contribution in [0.5, 0.6) is 0 Å². The summed E-state index contributed by atoms with van der Waals surface area (Å²) in [5.41, 5.74) is 0.274. The van der Waals surface area contributed by atoms with Crippen LogP contribution in [0.3, 0.4) is 0 Å². The Bertz CT molecular complexity index is 178. The van der Waals surface area contributed by atoms with Crippen LogP contribution < -0.4 is 0 Å². The van der Waals surface area contributed by atoms with E-state index in [-0.39, 0.29) is 10.8 Å². The average Bonchev–Trinajstić information content (AvgIpc) is 1.78. The largest absolute Gasteiger partial charge is 0.480 e. The van der Waals surface area contributed by atoms with Gasteiger partial charge >= 0.3 is 7.12 Å². The van der Waals surface area contributed by atoms with Gasteiger partial charge in [0.1, 0.15) is 0 Å². The number of rotatable bonds is 3. The fourth-order valence-corrected chi connectivity index (χ4v) is 1.77. The lowest BCUT2D eigenvalue weighted by Crippen LogP contribution is -2.19. The first kappa shape index (κ1) is 12.7. The lowest BCUT2D eigenvalue weighted by Gasteiger charge is -2.29. The fourth-order valence-electron chi connectivity index (χ4n) is 1.77. The van der Waals surface area contributed by atoms with Gasteiger partial charge in [0.2, 0.25) is 0 Å². The maximum atomic E-state index is 8.68. The minimum atomic E-state index is -1.33. The van der Waals surface area contributed by atoms with Crippen molar-refractivity contribution < 1.29 is 10.0 Å². The van der Waals surface area contributed by atoms with Gasteiger partial charge in [0.25, 0.3) is 0 Å². The quantitative estimate of drug-likeness (QED) is 0.658. The Labute approximate surface area is 81.8 Å². The van der Waals surface area contributed by atoms with Crippen molar-refractivity contribution in [2.45, 2.75) is 41.0 Å². The molecule has 3 heteroatoms. The molecule has 0 aromatic rings. The Morgan fingerprint density at radius 2 is 1.54 bits per heavy atom. The van der Waals surface area contributed by atoms with Crippen LogP contribution in [-0.2, 0) is 0 Å². The molecule has 0 saturated heterocycles. The predicted octanol–water partition coefficient (Wildman–Crippen LogP) is 2.02. The van der Waals surface area contributed by atoms with Gasteiger partial charge in [-0.15, -0.1) is 0 Å². The molecule has 0 amide bonds. The summed E-state index contributed by atoms with van der Waals surface area (Å²) in [4.78, 5) is 0. The lowest BCUT2D eigenvalue weighted by molar-refractivity contribution is 0.262. The van der Waals surface area contributed by atoms with E-state index in [4.69, 9.17) is 10.0 Å². The summed E-state index contributed by atoms with van der Waals surface area (Å²) in [5.74, 6) is 1.42. The van der Waals surface area contributed by atoms with Crippen molar-refractivity contribution in [2.24, 2.45) is 10.8 Å². The number of hydrogen-bond donors (Lipinski definition) is 2. The highest BCUT2D eigenvalue weighted by molar-refractivity contribution is 6.47. The first-order valence-corrected chi connectivity index (χ1v) is 4.68. The van der Waals surface area contributed by atoms with Crippen molar-refractivity contribution in [3.63, 3.8) is 0 Å². The van der Waals surface area contributed by atoms with Crippen LogP contribution in [0.1, 0.15) is 41.0 Å². The van der Waals surface area contributed by atoms with Crippen molar-refractivity contribution in [2.75, 3.05) is 0 Å². The smallest absolute Gasteiger partial charge is 0.424 e. The first-order chi connectivity index (χ1) is 5.62. The van der Waals surface area contributed by atoms with Gasteiger partial charge in [-0.1, -0.05) is 46.7 Å². The van der Waals surface area contributed by atoms with Crippen molar-refractivity contribution in [1.82, 2.24) is 0 Å². The summed E-state index contributed by atoms with van der Waals surface area (Å²) < 4.78 is 0. The summed E-state index contributed by atoms with van der Waals surface area (Å²) in [6.07, 6.45) is 2.88. The molecule has 0 fully saturated rings. The first-order valence-electron chi connectivity index (χ1n) is 4.68.